The maximum atomic E-state index is 13.7. The number of rotatable bonds is 4. The number of fused-ring (bicyclic) bond motifs is 1. The summed E-state index contributed by atoms with van der Waals surface area (Å²) in [5.74, 6) is -3.57. The normalized spacial score (nSPS) is 12.2. The molecule has 0 aliphatic heterocycles. The molecule has 0 atom stereocenters. The SMILES string of the molecule is CNCCC(F)(F)c1ccc2oc(=O)[nH]c2c1. The zero-order valence-corrected chi connectivity index (χ0v) is 9.22. The Hall–Kier alpha value is -1.69. The van der Waals surface area contributed by atoms with E-state index in [0.29, 0.717) is 0 Å². The molecule has 2 rings (SSSR count). The molecule has 1 heterocycles. The minimum absolute atomic E-state index is 0.127. The third-order valence-corrected chi connectivity index (χ3v) is 2.53. The van der Waals surface area contributed by atoms with Crippen molar-refractivity contribution in [1.82, 2.24) is 10.3 Å². The number of benzene rings is 1. The van der Waals surface area contributed by atoms with Gasteiger partial charge in [-0.25, -0.2) is 13.6 Å². The fourth-order valence-corrected chi connectivity index (χ4v) is 1.61. The molecule has 92 valence electrons. The molecule has 4 nitrogen and oxygen atoms in total. The predicted octanol–water partition coefficient (Wildman–Crippen LogP) is 1.82. The van der Waals surface area contributed by atoms with Crippen LogP contribution in [0.15, 0.2) is 27.4 Å². The van der Waals surface area contributed by atoms with Gasteiger partial charge in [0.05, 0.1) is 5.52 Å². The van der Waals surface area contributed by atoms with E-state index in [1.807, 2.05) is 0 Å². The highest BCUT2D eigenvalue weighted by Gasteiger charge is 2.31. The van der Waals surface area contributed by atoms with Gasteiger partial charge in [0.1, 0.15) is 0 Å². The van der Waals surface area contributed by atoms with Crippen LogP contribution in [-0.4, -0.2) is 18.6 Å². The maximum absolute atomic E-state index is 13.7. The van der Waals surface area contributed by atoms with Gasteiger partial charge in [-0.1, -0.05) is 0 Å². The molecule has 2 aromatic rings. The average molecular weight is 242 g/mol. The number of nitrogens with one attached hydrogen (secondary N) is 2. The van der Waals surface area contributed by atoms with Crippen LogP contribution in [0.1, 0.15) is 12.0 Å². The third-order valence-electron chi connectivity index (χ3n) is 2.53. The van der Waals surface area contributed by atoms with Crippen LogP contribution in [0.5, 0.6) is 0 Å². The van der Waals surface area contributed by atoms with Crippen molar-refractivity contribution < 1.29 is 13.2 Å². The summed E-state index contributed by atoms with van der Waals surface area (Å²) in [6, 6.07) is 3.89. The number of H-pyrrole nitrogens is 1. The molecular formula is C11H12F2N2O2. The molecule has 0 aliphatic carbocycles. The maximum Gasteiger partial charge on any atom is 0.417 e. The highest BCUT2D eigenvalue weighted by molar-refractivity contribution is 5.73. The van der Waals surface area contributed by atoms with Gasteiger partial charge in [-0.15, -0.1) is 0 Å². The molecule has 0 saturated heterocycles. The Kier molecular flexibility index (Phi) is 2.97. The molecule has 2 N–H and O–H groups in total. The van der Waals surface area contributed by atoms with E-state index in [0.717, 1.165) is 0 Å². The number of oxazole rings is 1. The molecule has 0 unspecified atom stereocenters. The van der Waals surface area contributed by atoms with Crippen LogP contribution in [0.4, 0.5) is 8.78 Å². The zero-order valence-electron chi connectivity index (χ0n) is 9.22. The van der Waals surface area contributed by atoms with Crippen molar-refractivity contribution in [2.75, 3.05) is 13.6 Å². The Morgan fingerprint density at radius 1 is 1.47 bits per heavy atom. The Bertz CT molecular complexity index is 574. The van der Waals surface area contributed by atoms with E-state index in [2.05, 4.69) is 10.3 Å². The Morgan fingerprint density at radius 3 is 2.94 bits per heavy atom. The minimum atomic E-state index is -2.93. The van der Waals surface area contributed by atoms with Crippen LogP contribution < -0.4 is 11.1 Å². The van der Waals surface area contributed by atoms with Gasteiger partial charge >= 0.3 is 5.76 Å². The van der Waals surface area contributed by atoms with Crippen LogP contribution in [0.3, 0.4) is 0 Å². The van der Waals surface area contributed by atoms with Gasteiger partial charge in [0, 0.05) is 18.5 Å². The van der Waals surface area contributed by atoms with E-state index in [1.54, 1.807) is 7.05 Å². The molecule has 17 heavy (non-hydrogen) atoms. The summed E-state index contributed by atoms with van der Waals surface area (Å²) >= 11 is 0. The van der Waals surface area contributed by atoms with Gasteiger partial charge in [0.15, 0.2) is 5.58 Å². The monoisotopic (exact) mass is 242 g/mol. The first-order chi connectivity index (χ1) is 8.03. The molecule has 0 fully saturated rings. The van der Waals surface area contributed by atoms with Gasteiger partial charge in [-0.3, -0.25) is 4.98 Å². The lowest BCUT2D eigenvalue weighted by atomic mass is 10.1. The Labute approximate surface area is 95.6 Å². The van der Waals surface area contributed by atoms with Crippen LogP contribution in [0, 0.1) is 0 Å². The number of hydrogen-bond acceptors (Lipinski definition) is 3. The smallest absolute Gasteiger partial charge is 0.408 e. The molecule has 6 heteroatoms. The number of aromatic amines is 1. The molecule has 0 bridgehead atoms. The molecule has 0 aliphatic rings. The summed E-state index contributed by atoms with van der Waals surface area (Å²) in [5, 5.41) is 2.68. The van der Waals surface area contributed by atoms with Crippen molar-refractivity contribution in [1.29, 1.82) is 0 Å². The number of hydrogen-bond donors (Lipinski definition) is 2. The summed E-state index contributed by atoms with van der Waals surface area (Å²) in [6.07, 6.45) is -0.295. The van der Waals surface area contributed by atoms with Gasteiger partial charge in [-0.2, -0.15) is 0 Å². The molecule has 0 saturated carbocycles. The highest BCUT2D eigenvalue weighted by Crippen LogP contribution is 2.32. The van der Waals surface area contributed by atoms with Gasteiger partial charge < -0.3 is 9.73 Å². The lowest BCUT2D eigenvalue weighted by Gasteiger charge is -2.16. The van der Waals surface area contributed by atoms with E-state index in [1.165, 1.54) is 18.2 Å². The minimum Gasteiger partial charge on any atom is -0.408 e. The van der Waals surface area contributed by atoms with Gasteiger partial charge in [0.25, 0.3) is 5.92 Å². The number of aromatic nitrogens is 1. The fourth-order valence-electron chi connectivity index (χ4n) is 1.61. The van der Waals surface area contributed by atoms with Crippen molar-refractivity contribution in [2.24, 2.45) is 0 Å². The average Bonchev–Trinajstić information content (AvgIpc) is 2.65. The lowest BCUT2D eigenvalue weighted by molar-refractivity contribution is -0.0122. The quantitative estimate of drug-likeness (QED) is 0.859. The number of alkyl halides is 2. The first kappa shape index (κ1) is 11.8. The summed E-state index contributed by atoms with van der Waals surface area (Å²) in [7, 11) is 1.62. The summed E-state index contributed by atoms with van der Waals surface area (Å²) in [4.78, 5) is 13.3. The van der Waals surface area contributed by atoms with Crippen molar-refractivity contribution in [3.8, 4) is 0 Å². The molecule has 0 spiro atoms. The standard InChI is InChI=1S/C11H12F2N2O2/c1-14-5-4-11(12,13)7-2-3-9-8(6-7)15-10(16)17-9/h2-3,6,14H,4-5H2,1H3,(H,15,16). The summed E-state index contributed by atoms with van der Waals surface area (Å²) in [5.41, 5.74) is 0.442. The van der Waals surface area contributed by atoms with Gasteiger partial charge in [0.2, 0.25) is 0 Å². The Morgan fingerprint density at radius 2 is 2.24 bits per heavy atom. The van der Waals surface area contributed by atoms with E-state index >= 15 is 0 Å². The van der Waals surface area contributed by atoms with E-state index < -0.39 is 11.7 Å². The second kappa shape index (κ2) is 4.29. The van der Waals surface area contributed by atoms with Crippen LogP contribution in [-0.2, 0) is 5.92 Å². The summed E-state index contributed by atoms with van der Waals surface area (Å²) < 4.78 is 32.2. The van der Waals surface area contributed by atoms with Crippen LogP contribution >= 0.6 is 0 Å². The molecule has 1 aromatic carbocycles. The first-order valence-electron chi connectivity index (χ1n) is 5.19. The van der Waals surface area contributed by atoms with Crippen LogP contribution in [0.25, 0.3) is 11.1 Å². The van der Waals surface area contributed by atoms with Crippen molar-refractivity contribution in [3.05, 3.63) is 34.3 Å². The topological polar surface area (TPSA) is 58.0 Å². The zero-order chi connectivity index (χ0) is 12.5. The Balaban J connectivity index is 2.37. The van der Waals surface area contributed by atoms with Crippen LogP contribution in [0.2, 0.25) is 0 Å². The largest absolute Gasteiger partial charge is 0.417 e. The van der Waals surface area contributed by atoms with E-state index in [-0.39, 0.29) is 29.6 Å². The van der Waals surface area contributed by atoms with Crippen molar-refractivity contribution in [2.45, 2.75) is 12.3 Å². The third kappa shape index (κ3) is 2.36. The predicted molar refractivity (Wildman–Crippen MR) is 59.3 cm³/mol. The van der Waals surface area contributed by atoms with Gasteiger partial charge in [-0.05, 0) is 25.2 Å². The first-order valence-corrected chi connectivity index (χ1v) is 5.19. The molecule has 1 aromatic heterocycles. The molecular weight excluding hydrogens is 230 g/mol. The lowest BCUT2D eigenvalue weighted by Crippen LogP contribution is -2.20. The van der Waals surface area contributed by atoms with E-state index in [4.69, 9.17) is 4.42 Å². The fraction of sp³-hybridized carbons (Fsp3) is 0.364. The van der Waals surface area contributed by atoms with E-state index in [9.17, 15) is 13.6 Å². The number of halogens is 2. The second-order valence-corrected chi connectivity index (χ2v) is 3.78. The molecule has 0 radical (unpaired) electrons. The van der Waals surface area contributed by atoms with Crippen molar-refractivity contribution in [3.63, 3.8) is 0 Å². The highest BCUT2D eigenvalue weighted by atomic mass is 19.3. The van der Waals surface area contributed by atoms with Crippen molar-refractivity contribution >= 4 is 11.1 Å². The second-order valence-electron chi connectivity index (χ2n) is 3.78. The summed E-state index contributed by atoms with van der Waals surface area (Å²) in [6.45, 7) is 0.215. The molecule has 0 amide bonds.